The van der Waals surface area contributed by atoms with Gasteiger partial charge in [-0.1, -0.05) is 0 Å². The molecule has 5 heteroatoms. The molecule has 1 aromatic carbocycles. The average molecular weight is 318 g/mol. The second-order valence-electron chi connectivity index (χ2n) is 2.79. The first kappa shape index (κ1) is 11.6. The molecule has 0 amide bonds. The molecule has 0 heterocycles. The molecule has 0 aliphatic carbocycles. The Labute approximate surface area is 88.2 Å². The van der Waals surface area contributed by atoms with Crippen LogP contribution in [-0.2, 0) is 6.18 Å². The zero-order valence-corrected chi connectivity index (χ0v) is 9.89. The van der Waals surface area contributed by atoms with E-state index in [1.165, 1.54) is 12.1 Å². The summed E-state index contributed by atoms with van der Waals surface area (Å²) in [6, 6.07) is 4.80. The number of halogens is 4. The van der Waals surface area contributed by atoms with E-state index in [0.717, 1.165) is 12.1 Å². The Kier molecular flexibility index (Phi) is 3.63. The van der Waals surface area contributed by atoms with Crippen molar-refractivity contribution in [3.8, 4) is 5.75 Å². The van der Waals surface area contributed by atoms with Crippen LogP contribution in [0.2, 0.25) is 0 Å². The van der Waals surface area contributed by atoms with Gasteiger partial charge in [0.1, 0.15) is 0 Å². The van der Waals surface area contributed by atoms with Crippen molar-refractivity contribution >= 4 is 20.2 Å². The molecule has 0 N–H and O–H groups in total. The minimum atomic E-state index is -4.27. The third kappa shape index (κ3) is 3.36. The van der Waals surface area contributed by atoms with E-state index >= 15 is 0 Å². The van der Waals surface area contributed by atoms with Crippen LogP contribution in [0.1, 0.15) is 5.56 Å². The van der Waals surface area contributed by atoms with Crippen LogP contribution in [0.15, 0.2) is 24.3 Å². The van der Waals surface area contributed by atoms with Gasteiger partial charge in [-0.05, 0) is 0 Å². The van der Waals surface area contributed by atoms with Crippen molar-refractivity contribution in [3.63, 3.8) is 0 Å². The van der Waals surface area contributed by atoms with Gasteiger partial charge in [0.2, 0.25) is 0 Å². The first-order chi connectivity index (χ1) is 6.39. The van der Waals surface area contributed by atoms with Gasteiger partial charge in [0.25, 0.3) is 0 Å². The predicted octanol–water partition coefficient (Wildman–Crippen LogP) is 3.77. The van der Waals surface area contributed by atoms with Gasteiger partial charge in [0.05, 0.1) is 0 Å². The maximum atomic E-state index is 12.2. The molecule has 0 aliphatic heterocycles. The molecule has 0 fully saturated rings. The summed E-state index contributed by atoms with van der Waals surface area (Å²) < 4.78 is 41.8. The van der Waals surface area contributed by atoms with Gasteiger partial charge in [-0.2, -0.15) is 0 Å². The Morgan fingerprint density at radius 2 is 1.57 bits per heavy atom. The number of hydrogen-bond acceptors (Lipinski definition) is 1. The molecule has 0 atom stereocenters. The Hall–Kier alpha value is -0.460. The zero-order chi connectivity index (χ0) is 10.8. The van der Waals surface area contributed by atoms with E-state index in [1.54, 1.807) is 0 Å². The molecule has 0 radical (unpaired) electrons. The van der Waals surface area contributed by atoms with E-state index in [0.29, 0.717) is 5.75 Å². The predicted molar refractivity (Wildman–Crippen MR) is 57.9 cm³/mol. The second kappa shape index (κ2) is 4.37. The maximum absolute atomic E-state index is 12.2. The molecule has 0 saturated carbocycles. The van der Waals surface area contributed by atoms with Gasteiger partial charge in [-0.3, -0.25) is 0 Å². The normalized spacial score (nSPS) is 12.5. The summed E-state index contributed by atoms with van der Waals surface area (Å²) in [6.45, 7) is 0. The van der Waals surface area contributed by atoms with Crippen molar-refractivity contribution in [2.45, 2.75) is 6.18 Å². The fraction of sp³-hybridized carbons (Fsp3) is 0.333. The molecule has 80 valence electrons. The van der Waals surface area contributed by atoms with E-state index < -0.39 is 32.0 Å². The van der Waals surface area contributed by atoms with E-state index in [2.05, 4.69) is 0 Å². The topological polar surface area (TPSA) is 9.23 Å². The summed E-state index contributed by atoms with van der Waals surface area (Å²) in [6.07, 6.45) is -4.27. The molecule has 0 saturated heterocycles. The average Bonchev–Trinajstić information content (AvgIpc) is 2.02. The number of alkyl halides is 5. The molecule has 1 nitrogen and oxygen atoms in total. The van der Waals surface area contributed by atoms with E-state index in [9.17, 15) is 13.2 Å². The molecule has 0 spiro atoms. The first-order valence-electron chi connectivity index (χ1n) is 3.75. The molecule has 0 aromatic heterocycles. The van der Waals surface area contributed by atoms with Gasteiger partial charge in [0.15, 0.2) is 0 Å². The first-order valence-corrected chi connectivity index (χ1v) is 8.95. The molecule has 1 rings (SSSR count). The van der Waals surface area contributed by atoms with Crippen LogP contribution in [-0.4, -0.2) is 9.86 Å². The van der Waals surface area contributed by atoms with Crippen molar-refractivity contribution in [3.05, 3.63) is 29.8 Å². The second-order valence-corrected chi connectivity index (χ2v) is 7.15. The van der Waals surface area contributed by atoms with Crippen molar-refractivity contribution in [1.29, 1.82) is 0 Å². The third-order valence-electron chi connectivity index (χ3n) is 1.43. The summed E-state index contributed by atoms with van der Waals surface area (Å²) in [5.74, 6) is 0.521. The number of benzene rings is 1. The van der Waals surface area contributed by atoms with E-state index in [-0.39, 0.29) is 0 Å². The quantitative estimate of drug-likeness (QED) is 0.596. The van der Waals surface area contributed by atoms with Crippen LogP contribution in [0, 0.1) is 0 Å². The molecular weight excluding hydrogens is 308 g/mol. The summed E-state index contributed by atoms with van der Waals surface area (Å²) in [4.78, 5) is 3.95. The fourth-order valence-corrected chi connectivity index (χ4v) is 2.18. The van der Waals surface area contributed by atoms with Gasteiger partial charge in [-0.15, -0.1) is 0 Å². The summed E-state index contributed by atoms with van der Waals surface area (Å²) in [7, 11) is 0. The SMILES string of the molecule is CI(C)Oc1ccc(C(F)(F)F)cc1. The van der Waals surface area contributed by atoms with Crippen LogP contribution >= 0.6 is 20.2 Å². The monoisotopic (exact) mass is 318 g/mol. The standard InChI is InChI=1S/C9H10F3IO/c1-13(2)14-8-5-3-7(4-6-8)9(10,11)12/h3-6H,1-2H3. The molecular formula is C9H10F3IO. The van der Waals surface area contributed by atoms with Gasteiger partial charge < -0.3 is 0 Å². The van der Waals surface area contributed by atoms with E-state index in [1.807, 2.05) is 9.86 Å². The van der Waals surface area contributed by atoms with Gasteiger partial charge in [0, 0.05) is 0 Å². The van der Waals surface area contributed by atoms with Crippen LogP contribution in [0.4, 0.5) is 13.2 Å². The van der Waals surface area contributed by atoms with Gasteiger partial charge >= 0.3 is 88.1 Å². The number of rotatable bonds is 2. The minimum absolute atomic E-state index is 0.521. The van der Waals surface area contributed by atoms with Crippen molar-refractivity contribution in [2.24, 2.45) is 0 Å². The summed E-state index contributed by atoms with van der Waals surface area (Å²) >= 11 is -1.39. The molecule has 0 bridgehead atoms. The van der Waals surface area contributed by atoms with Crippen LogP contribution < -0.4 is 3.07 Å². The van der Waals surface area contributed by atoms with Crippen LogP contribution in [0.3, 0.4) is 0 Å². The van der Waals surface area contributed by atoms with E-state index in [4.69, 9.17) is 3.07 Å². The zero-order valence-electron chi connectivity index (χ0n) is 7.73. The third-order valence-corrected chi connectivity index (χ3v) is 2.81. The Bertz CT molecular complexity index is 292. The van der Waals surface area contributed by atoms with Crippen LogP contribution in [0.25, 0.3) is 0 Å². The van der Waals surface area contributed by atoms with Gasteiger partial charge in [-0.25, -0.2) is 0 Å². The molecule has 0 unspecified atom stereocenters. The fourth-order valence-electron chi connectivity index (χ4n) is 0.874. The molecule has 1 aromatic rings. The Morgan fingerprint density at radius 3 is 1.93 bits per heavy atom. The summed E-state index contributed by atoms with van der Waals surface area (Å²) in [5, 5.41) is 0. The van der Waals surface area contributed by atoms with Crippen molar-refractivity contribution in [1.82, 2.24) is 0 Å². The Balaban J connectivity index is 2.79. The Morgan fingerprint density at radius 1 is 1.07 bits per heavy atom. The number of hydrogen-bond donors (Lipinski definition) is 0. The summed E-state index contributed by atoms with van der Waals surface area (Å²) in [5.41, 5.74) is -0.641. The molecule has 0 aliphatic rings. The van der Waals surface area contributed by atoms with Crippen molar-refractivity contribution in [2.75, 3.05) is 9.86 Å². The van der Waals surface area contributed by atoms with Crippen molar-refractivity contribution < 1.29 is 16.2 Å². The van der Waals surface area contributed by atoms with Crippen LogP contribution in [0.5, 0.6) is 5.75 Å². The molecule has 14 heavy (non-hydrogen) atoms.